The molecule has 21 heavy (non-hydrogen) atoms. The molecule has 0 aliphatic rings. The Kier molecular flexibility index (Phi) is 5.21. The molecule has 110 valence electrons. The van der Waals surface area contributed by atoms with Gasteiger partial charge in [0, 0.05) is 5.69 Å². The van der Waals surface area contributed by atoms with Crippen LogP contribution in [0.4, 0.5) is 5.69 Å². The number of ether oxygens (including phenoxy) is 2. The maximum absolute atomic E-state index is 12.3. The Morgan fingerprint density at radius 3 is 2.29 bits per heavy atom. The number of nitrogens with one attached hydrogen (secondary N) is 1. The fraction of sp³-hybridized carbons (Fsp3) is 0.235. The first kappa shape index (κ1) is 14.9. The van der Waals surface area contributed by atoms with Gasteiger partial charge in [-0.05, 0) is 50.2 Å². The zero-order valence-corrected chi connectivity index (χ0v) is 12.3. The molecule has 0 bridgehead atoms. The summed E-state index contributed by atoms with van der Waals surface area (Å²) in [6.07, 6.45) is 0. The van der Waals surface area contributed by atoms with Crippen LogP contribution in [-0.2, 0) is 0 Å². The number of hydrogen-bond acceptors (Lipinski definition) is 3. The van der Waals surface area contributed by atoms with Crippen molar-refractivity contribution in [1.82, 2.24) is 0 Å². The Hall–Kier alpha value is -2.49. The molecule has 0 spiro atoms. The molecular weight excluding hydrogens is 266 g/mol. The number of para-hydroxylation sites is 1. The number of amides is 1. The van der Waals surface area contributed by atoms with Crippen molar-refractivity contribution in [3.05, 3.63) is 54.1 Å². The lowest BCUT2D eigenvalue weighted by Crippen LogP contribution is -2.13. The smallest absolute Gasteiger partial charge is 0.259 e. The summed E-state index contributed by atoms with van der Waals surface area (Å²) in [5.74, 6) is 1.18. The Bertz CT molecular complexity index is 593. The van der Waals surface area contributed by atoms with E-state index in [0.717, 1.165) is 11.4 Å². The van der Waals surface area contributed by atoms with Gasteiger partial charge < -0.3 is 14.8 Å². The molecule has 2 aromatic carbocycles. The van der Waals surface area contributed by atoms with E-state index < -0.39 is 0 Å². The minimum atomic E-state index is -0.191. The van der Waals surface area contributed by atoms with Gasteiger partial charge in [-0.1, -0.05) is 12.1 Å². The van der Waals surface area contributed by atoms with Gasteiger partial charge in [0.1, 0.15) is 11.5 Å². The topological polar surface area (TPSA) is 47.6 Å². The van der Waals surface area contributed by atoms with Crippen LogP contribution in [0.1, 0.15) is 24.2 Å². The zero-order chi connectivity index (χ0) is 15.1. The van der Waals surface area contributed by atoms with Crippen molar-refractivity contribution in [1.29, 1.82) is 0 Å². The predicted octanol–water partition coefficient (Wildman–Crippen LogP) is 3.74. The Balaban J connectivity index is 2.10. The third-order valence-corrected chi connectivity index (χ3v) is 2.85. The molecule has 4 heteroatoms. The lowest BCUT2D eigenvalue weighted by molar-refractivity contribution is 0.102. The molecule has 0 aliphatic heterocycles. The van der Waals surface area contributed by atoms with Crippen molar-refractivity contribution >= 4 is 11.6 Å². The Morgan fingerprint density at radius 2 is 1.62 bits per heavy atom. The molecule has 0 aliphatic carbocycles. The van der Waals surface area contributed by atoms with E-state index in [1.807, 2.05) is 50.2 Å². The van der Waals surface area contributed by atoms with Gasteiger partial charge in [0.15, 0.2) is 0 Å². The fourth-order valence-corrected chi connectivity index (χ4v) is 1.94. The van der Waals surface area contributed by atoms with Crippen LogP contribution in [0.3, 0.4) is 0 Å². The van der Waals surface area contributed by atoms with E-state index in [4.69, 9.17) is 9.47 Å². The first-order chi connectivity index (χ1) is 10.2. The highest BCUT2D eigenvalue weighted by Crippen LogP contribution is 2.21. The molecule has 0 atom stereocenters. The summed E-state index contributed by atoms with van der Waals surface area (Å²) in [6.45, 7) is 4.96. The van der Waals surface area contributed by atoms with Crippen molar-refractivity contribution in [3.63, 3.8) is 0 Å². The molecule has 0 radical (unpaired) electrons. The Morgan fingerprint density at radius 1 is 0.952 bits per heavy atom. The fourth-order valence-electron chi connectivity index (χ4n) is 1.94. The number of carbonyl (C=O) groups is 1. The van der Waals surface area contributed by atoms with Gasteiger partial charge in [0.05, 0.1) is 18.8 Å². The standard InChI is InChI=1S/C17H19NO3/c1-3-20-14-11-9-13(10-12-14)18-17(19)15-7-5-6-8-16(15)21-4-2/h5-12H,3-4H2,1-2H3,(H,18,19). The van der Waals surface area contributed by atoms with Crippen molar-refractivity contribution in [3.8, 4) is 11.5 Å². The molecule has 0 aromatic heterocycles. The van der Waals surface area contributed by atoms with Crippen molar-refractivity contribution < 1.29 is 14.3 Å². The molecule has 0 unspecified atom stereocenters. The molecule has 4 nitrogen and oxygen atoms in total. The van der Waals surface area contributed by atoms with Gasteiger partial charge in [-0.15, -0.1) is 0 Å². The lowest BCUT2D eigenvalue weighted by Gasteiger charge is -2.11. The first-order valence-electron chi connectivity index (χ1n) is 7.00. The summed E-state index contributed by atoms with van der Waals surface area (Å²) >= 11 is 0. The molecule has 1 N–H and O–H groups in total. The number of hydrogen-bond donors (Lipinski definition) is 1. The summed E-state index contributed by atoms with van der Waals surface area (Å²) in [5.41, 5.74) is 1.24. The third kappa shape index (κ3) is 3.99. The second-order valence-electron chi connectivity index (χ2n) is 4.34. The number of rotatable bonds is 6. The van der Waals surface area contributed by atoms with E-state index in [1.54, 1.807) is 12.1 Å². The second kappa shape index (κ2) is 7.33. The summed E-state index contributed by atoms with van der Waals surface area (Å²) in [5, 5.41) is 2.85. The average Bonchev–Trinajstić information content (AvgIpc) is 2.50. The third-order valence-electron chi connectivity index (χ3n) is 2.85. The van der Waals surface area contributed by atoms with Gasteiger partial charge in [-0.25, -0.2) is 0 Å². The van der Waals surface area contributed by atoms with E-state index in [-0.39, 0.29) is 5.91 Å². The van der Waals surface area contributed by atoms with E-state index in [9.17, 15) is 4.79 Å². The first-order valence-corrected chi connectivity index (χ1v) is 7.00. The largest absolute Gasteiger partial charge is 0.494 e. The number of carbonyl (C=O) groups excluding carboxylic acids is 1. The van der Waals surface area contributed by atoms with Crippen molar-refractivity contribution in [2.75, 3.05) is 18.5 Å². The van der Waals surface area contributed by atoms with Crippen LogP contribution in [0.2, 0.25) is 0 Å². The van der Waals surface area contributed by atoms with Gasteiger partial charge in [0.2, 0.25) is 0 Å². The molecule has 0 saturated carbocycles. The van der Waals surface area contributed by atoms with Gasteiger partial charge in [0.25, 0.3) is 5.91 Å². The summed E-state index contributed by atoms with van der Waals surface area (Å²) in [6, 6.07) is 14.5. The van der Waals surface area contributed by atoms with Crippen LogP contribution in [0, 0.1) is 0 Å². The van der Waals surface area contributed by atoms with Crippen LogP contribution >= 0.6 is 0 Å². The van der Waals surface area contributed by atoms with Gasteiger partial charge in [-0.3, -0.25) is 4.79 Å². The quantitative estimate of drug-likeness (QED) is 0.879. The summed E-state index contributed by atoms with van der Waals surface area (Å²) in [4.78, 5) is 12.3. The highest BCUT2D eigenvalue weighted by Gasteiger charge is 2.11. The highest BCUT2D eigenvalue weighted by atomic mass is 16.5. The summed E-state index contributed by atoms with van der Waals surface area (Å²) < 4.78 is 10.8. The average molecular weight is 285 g/mol. The van der Waals surface area contributed by atoms with Crippen LogP contribution < -0.4 is 14.8 Å². The van der Waals surface area contributed by atoms with Gasteiger partial charge in [-0.2, -0.15) is 0 Å². The zero-order valence-electron chi connectivity index (χ0n) is 12.3. The Labute approximate surface area is 124 Å². The normalized spacial score (nSPS) is 10.0. The minimum absolute atomic E-state index is 0.191. The number of anilines is 1. The molecule has 0 heterocycles. The van der Waals surface area contributed by atoms with Crippen LogP contribution in [0.15, 0.2) is 48.5 Å². The SMILES string of the molecule is CCOc1ccc(NC(=O)c2ccccc2OCC)cc1. The maximum atomic E-state index is 12.3. The highest BCUT2D eigenvalue weighted by molar-refractivity contribution is 6.06. The van der Waals surface area contributed by atoms with Crippen molar-refractivity contribution in [2.24, 2.45) is 0 Å². The van der Waals surface area contributed by atoms with Crippen molar-refractivity contribution in [2.45, 2.75) is 13.8 Å². The van der Waals surface area contributed by atoms with E-state index in [1.165, 1.54) is 0 Å². The number of benzene rings is 2. The van der Waals surface area contributed by atoms with E-state index >= 15 is 0 Å². The lowest BCUT2D eigenvalue weighted by atomic mass is 10.2. The van der Waals surface area contributed by atoms with Crippen LogP contribution in [0.5, 0.6) is 11.5 Å². The van der Waals surface area contributed by atoms with Crippen LogP contribution in [0.25, 0.3) is 0 Å². The minimum Gasteiger partial charge on any atom is -0.494 e. The second-order valence-corrected chi connectivity index (χ2v) is 4.34. The predicted molar refractivity (Wildman–Crippen MR) is 83.2 cm³/mol. The maximum Gasteiger partial charge on any atom is 0.259 e. The van der Waals surface area contributed by atoms with E-state index in [2.05, 4.69) is 5.32 Å². The van der Waals surface area contributed by atoms with Gasteiger partial charge >= 0.3 is 0 Å². The molecule has 0 fully saturated rings. The molecule has 1 amide bonds. The summed E-state index contributed by atoms with van der Waals surface area (Å²) in [7, 11) is 0. The van der Waals surface area contributed by atoms with Crippen LogP contribution in [-0.4, -0.2) is 19.1 Å². The molecule has 2 rings (SSSR count). The molecule has 0 saturated heterocycles. The van der Waals surface area contributed by atoms with E-state index in [0.29, 0.717) is 24.5 Å². The molecule has 2 aromatic rings. The molecular formula is C17H19NO3. The monoisotopic (exact) mass is 285 g/mol.